The van der Waals surface area contributed by atoms with Crippen molar-refractivity contribution >= 4 is 18.4 Å². The molecule has 0 amide bonds. The molecule has 1 aliphatic heterocycles. The molecule has 0 spiro atoms. The monoisotopic (exact) mass is 179 g/mol. The molecular formula is C7H14ClNO2. The van der Waals surface area contributed by atoms with Gasteiger partial charge in [-0.2, -0.15) is 0 Å². The molecule has 0 aromatic carbocycles. The molecule has 1 heterocycles. The quantitative estimate of drug-likeness (QED) is 0.636. The summed E-state index contributed by atoms with van der Waals surface area (Å²) in [5.74, 6) is -0.104. The van der Waals surface area contributed by atoms with Crippen molar-refractivity contribution in [1.82, 2.24) is 0 Å². The molecule has 0 aromatic heterocycles. The SMILES string of the molecule is CCC1(CN)COC(=O)C1.Cl. The van der Waals surface area contributed by atoms with Crippen LogP contribution in [0.25, 0.3) is 0 Å². The lowest BCUT2D eigenvalue weighted by Gasteiger charge is -2.20. The maximum absolute atomic E-state index is 10.7. The Morgan fingerprint density at radius 2 is 2.36 bits per heavy atom. The fourth-order valence-electron chi connectivity index (χ4n) is 1.14. The summed E-state index contributed by atoms with van der Waals surface area (Å²) in [6, 6.07) is 0. The molecule has 0 saturated carbocycles. The van der Waals surface area contributed by atoms with Crippen molar-refractivity contribution < 1.29 is 9.53 Å². The highest BCUT2D eigenvalue weighted by Crippen LogP contribution is 2.31. The van der Waals surface area contributed by atoms with Crippen LogP contribution < -0.4 is 5.73 Å². The van der Waals surface area contributed by atoms with Crippen LogP contribution in [0.5, 0.6) is 0 Å². The molecule has 1 rings (SSSR count). The van der Waals surface area contributed by atoms with Crippen LogP contribution in [-0.2, 0) is 9.53 Å². The van der Waals surface area contributed by atoms with Gasteiger partial charge in [-0.05, 0) is 6.42 Å². The van der Waals surface area contributed by atoms with Gasteiger partial charge in [0.2, 0.25) is 0 Å². The average molecular weight is 180 g/mol. The molecule has 2 N–H and O–H groups in total. The first kappa shape index (κ1) is 10.7. The molecule has 4 heteroatoms. The van der Waals surface area contributed by atoms with Crippen molar-refractivity contribution in [2.75, 3.05) is 13.2 Å². The number of carbonyl (C=O) groups excluding carboxylic acids is 1. The zero-order valence-corrected chi connectivity index (χ0v) is 7.45. The number of hydrogen-bond donors (Lipinski definition) is 1. The van der Waals surface area contributed by atoms with Gasteiger partial charge in [0.25, 0.3) is 0 Å². The van der Waals surface area contributed by atoms with Crippen LogP contribution in [0.2, 0.25) is 0 Å². The van der Waals surface area contributed by atoms with Crippen molar-refractivity contribution in [2.45, 2.75) is 19.8 Å². The van der Waals surface area contributed by atoms with E-state index in [1.807, 2.05) is 6.92 Å². The summed E-state index contributed by atoms with van der Waals surface area (Å²) in [7, 11) is 0. The summed E-state index contributed by atoms with van der Waals surface area (Å²) in [4.78, 5) is 10.7. The van der Waals surface area contributed by atoms with E-state index in [2.05, 4.69) is 0 Å². The number of hydrogen-bond acceptors (Lipinski definition) is 3. The predicted octanol–water partition coefficient (Wildman–Crippen LogP) is 0.710. The van der Waals surface area contributed by atoms with Crippen molar-refractivity contribution in [2.24, 2.45) is 11.1 Å². The molecular weight excluding hydrogens is 166 g/mol. The minimum atomic E-state index is -0.104. The molecule has 1 aliphatic rings. The second-order valence-corrected chi connectivity index (χ2v) is 2.90. The van der Waals surface area contributed by atoms with Gasteiger partial charge in [-0.3, -0.25) is 4.79 Å². The zero-order valence-electron chi connectivity index (χ0n) is 6.63. The van der Waals surface area contributed by atoms with E-state index in [0.717, 1.165) is 6.42 Å². The Bertz CT molecular complexity index is 145. The van der Waals surface area contributed by atoms with Crippen LogP contribution in [-0.4, -0.2) is 19.1 Å². The normalized spacial score (nSPS) is 29.5. The van der Waals surface area contributed by atoms with Crippen LogP contribution >= 0.6 is 12.4 Å². The zero-order chi connectivity index (χ0) is 7.61. The largest absolute Gasteiger partial charge is 0.465 e. The van der Waals surface area contributed by atoms with Gasteiger partial charge in [0.1, 0.15) is 0 Å². The van der Waals surface area contributed by atoms with Crippen LogP contribution in [0.4, 0.5) is 0 Å². The lowest BCUT2D eigenvalue weighted by Crippen LogP contribution is -2.30. The minimum Gasteiger partial charge on any atom is -0.465 e. The lowest BCUT2D eigenvalue weighted by atomic mass is 9.85. The smallest absolute Gasteiger partial charge is 0.306 e. The first-order chi connectivity index (χ1) is 4.72. The van der Waals surface area contributed by atoms with E-state index in [1.54, 1.807) is 0 Å². The van der Waals surface area contributed by atoms with Crippen molar-refractivity contribution in [3.63, 3.8) is 0 Å². The Hall–Kier alpha value is -0.280. The van der Waals surface area contributed by atoms with Gasteiger partial charge in [0.15, 0.2) is 0 Å². The van der Waals surface area contributed by atoms with E-state index >= 15 is 0 Å². The maximum Gasteiger partial charge on any atom is 0.306 e. The summed E-state index contributed by atoms with van der Waals surface area (Å²) in [5.41, 5.74) is 5.46. The summed E-state index contributed by atoms with van der Waals surface area (Å²) < 4.78 is 4.83. The molecule has 1 unspecified atom stereocenters. The van der Waals surface area contributed by atoms with Crippen LogP contribution in [0.3, 0.4) is 0 Å². The Morgan fingerprint density at radius 3 is 2.55 bits per heavy atom. The number of esters is 1. The molecule has 66 valence electrons. The van der Waals surface area contributed by atoms with Crippen molar-refractivity contribution in [3.8, 4) is 0 Å². The van der Waals surface area contributed by atoms with E-state index in [0.29, 0.717) is 19.6 Å². The third kappa shape index (κ3) is 2.07. The average Bonchev–Trinajstić information content (AvgIpc) is 2.33. The van der Waals surface area contributed by atoms with E-state index in [1.165, 1.54) is 0 Å². The highest BCUT2D eigenvalue weighted by atomic mass is 35.5. The standard InChI is InChI=1S/C7H13NO2.ClH/c1-2-7(4-8)3-6(9)10-5-7;/h2-5,8H2,1H3;1H. The van der Waals surface area contributed by atoms with E-state index in [4.69, 9.17) is 10.5 Å². The van der Waals surface area contributed by atoms with Gasteiger partial charge < -0.3 is 10.5 Å². The van der Waals surface area contributed by atoms with E-state index in [-0.39, 0.29) is 23.8 Å². The van der Waals surface area contributed by atoms with Gasteiger partial charge in [0, 0.05) is 12.0 Å². The molecule has 1 fully saturated rings. The van der Waals surface area contributed by atoms with Crippen LogP contribution in [0, 0.1) is 5.41 Å². The first-order valence-corrected chi connectivity index (χ1v) is 3.58. The molecule has 0 aromatic rings. The van der Waals surface area contributed by atoms with Crippen LogP contribution in [0.15, 0.2) is 0 Å². The second-order valence-electron chi connectivity index (χ2n) is 2.90. The third-order valence-corrected chi connectivity index (χ3v) is 2.24. The van der Waals surface area contributed by atoms with Gasteiger partial charge in [0.05, 0.1) is 13.0 Å². The second kappa shape index (κ2) is 3.93. The molecule has 3 nitrogen and oxygen atoms in total. The minimum absolute atomic E-state index is 0. The summed E-state index contributed by atoms with van der Waals surface area (Å²) in [6.45, 7) is 3.10. The van der Waals surface area contributed by atoms with E-state index in [9.17, 15) is 4.79 Å². The summed E-state index contributed by atoms with van der Waals surface area (Å²) in [6.07, 6.45) is 1.43. The number of rotatable bonds is 2. The van der Waals surface area contributed by atoms with Gasteiger partial charge >= 0.3 is 5.97 Å². The highest BCUT2D eigenvalue weighted by Gasteiger charge is 2.37. The molecule has 0 radical (unpaired) electrons. The summed E-state index contributed by atoms with van der Waals surface area (Å²) >= 11 is 0. The lowest BCUT2D eigenvalue weighted by molar-refractivity contribution is -0.137. The van der Waals surface area contributed by atoms with Gasteiger partial charge in [-0.15, -0.1) is 12.4 Å². The maximum atomic E-state index is 10.7. The molecule has 0 aliphatic carbocycles. The number of nitrogens with two attached hydrogens (primary N) is 1. The van der Waals surface area contributed by atoms with Crippen molar-refractivity contribution in [1.29, 1.82) is 0 Å². The van der Waals surface area contributed by atoms with Gasteiger partial charge in [-0.1, -0.05) is 6.92 Å². The number of ether oxygens (including phenoxy) is 1. The fourth-order valence-corrected chi connectivity index (χ4v) is 1.14. The van der Waals surface area contributed by atoms with E-state index < -0.39 is 0 Å². The highest BCUT2D eigenvalue weighted by molar-refractivity contribution is 5.85. The number of carbonyl (C=O) groups is 1. The Morgan fingerprint density at radius 1 is 1.73 bits per heavy atom. The Kier molecular flexibility index (Phi) is 3.83. The third-order valence-electron chi connectivity index (χ3n) is 2.24. The molecule has 11 heavy (non-hydrogen) atoms. The topological polar surface area (TPSA) is 52.3 Å². The Labute approximate surface area is 72.7 Å². The van der Waals surface area contributed by atoms with Crippen molar-refractivity contribution in [3.05, 3.63) is 0 Å². The predicted molar refractivity (Wildman–Crippen MR) is 44.6 cm³/mol. The number of halogens is 1. The number of cyclic esters (lactones) is 1. The van der Waals surface area contributed by atoms with Crippen LogP contribution in [0.1, 0.15) is 19.8 Å². The first-order valence-electron chi connectivity index (χ1n) is 3.58. The van der Waals surface area contributed by atoms with Gasteiger partial charge in [-0.25, -0.2) is 0 Å². The summed E-state index contributed by atoms with van der Waals surface area (Å²) in [5, 5.41) is 0. The Balaban J connectivity index is 0.000001000. The molecule has 1 atom stereocenters. The molecule has 1 saturated heterocycles. The molecule has 0 bridgehead atoms. The fraction of sp³-hybridized carbons (Fsp3) is 0.857.